The summed E-state index contributed by atoms with van der Waals surface area (Å²) < 4.78 is 3.22. The highest BCUT2D eigenvalue weighted by Crippen LogP contribution is 2.35. The minimum absolute atomic E-state index is 0.141. The van der Waals surface area contributed by atoms with Crippen molar-refractivity contribution in [1.82, 2.24) is 14.5 Å². The molecule has 1 amide bonds. The smallest absolute Gasteiger partial charge is 0.328 e. The lowest BCUT2D eigenvalue weighted by Crippen LogP contribution is -2.38. The average Bonchev–Trinajstić information content (AvgIpc) is 3.26. The number of aliphatic carboxylic acids is 2. The predicted octanol–water partition coefficient (Wildman–Crippen LogP) is 2.77. The van der Waals surface area contributed by atoms with Crippen LogP contribution in [0.5, 0.6) is 0 Å². The van der Waals surface area contributed by atoms with Crippen molar-refractivity contribution in [3.05, 3.63) is 65.1 Å². The third-order valence-corrected chi connectivity index (χ3v) is 5.62. The number of amides is 1. The zero-order chi connectivity index (χ0) is 21.0. The Morgan fingerprint density at radius 3 is 2.52 bits per heavy atom. The van der Waals surface area contributed by atoms with Crippen molar-refractivity contribution in [3.63, 3.8) is 0 Å². The van der Waals surface area contributed by atoms with Crippen LogP contribution in [-0.4, -0.2) is 49.1 Å². The fourth-order valence-corrected chi connectivity index (χ4v) is 4.20. The normalized spacial score (nSPS) is 13.3. The number of hydrogen-bond donors (Lipinski definition) is 2. The van der Waals surface area contributed by atoms with Crippen LogP contribution in [0.3, 0.4) is 0 Å². The Kier molecular flexibility index (Phi) is 6.08. The van der Waals surface area contributed by atoms with Crippen molar-refractivity contribution in [1.29, 1.82) is 0 Å². The number of hydrogen-bond acceptors (Lipinski definition) is 5. The van der Waals surface area contributed by atoms with Crippen LogP contribution in [0.25, 0.3) is 10.1 Å². The van der Waals surface area contributed by atoms with Gasteiger partial charge in [0.15, 0.2) is 0 Å². The molecule has 2 N–H and O–H groups in total. The van der Waals surface area contributed by atoms with Crippen LogP contribution >= 0.6 is 11.3 Å². The molecule has 0 saturated carbocycles. The highest BCUT2D eigenvalue weighted by molar-refractivity contribution is 7.19. The highest BCUT2D eigenvalue weighted by atomic mass is 32.1. The quantitative estimate of drug-likeness (QED) is 0.636. The molecule has 2 aromatic heterocycles. The maximum Gasteiger partial charge on any atom is 0.328 e. The maximum atomic E-state index is 12.8. The summed E-state index contributed by atoms with van der Waals surface area (Å²) in [6.07, 6.45) is 5.75. The number of nitrogens with zero attached hydrogens (tertiary/aromatic N) is 3. The van der Waals surface area contributed by atoms with E-state index in [0.717, 1.165) is 29.7 Å². The number of fused-ring (bicyclic) bond motifs is 3. The van der Waals surface area contributed by atoms with Crippen LogP contribution in [0.1, 0.15) is 21.1 Å². The van der Waals surface area contributed by atoms with Crippen molar-refractivity contribution in [2.24, 2.45) is 0 Å². The Bertz CT molecular complexity index is 1080. The summed E-state index contributed by atoms with van der Waals surface area (Å²) in [5.41, 5.74) is 0.902. The molecular formula is C20H19N3O5S. The van der Waals surface area contributed by atoms with Crippen LogP contribution in [0, 0.1) is 6.92 Å². The van der Waals surface area contributed by atoms with E-state index in [4.69, 9.17) is 10.2 Å². The molecule has 4 rings (SSSR count). The third kappa shape index (κ3) is 4.69. The van der Waals surface area contributed by atoms with Crippen molar-refractivity contribution in [2.75, 3.05) is 6.54 Å². The van der Waals surface area contributed by atoms with Crippen LogP contribution < -0.4 is 0 Å². The Balaban J connectivity index is 0.000000258. The molecule has 29 heavy (non-hydrogen) atoms. The topological polar surface area (TPSA) is 113 Å². The third-order valence-electron chi connectivity index (χ3n) is 4.39. The lowest BCUT2D eigenvalue weighted by atomic mass is 10.0. The van der Waals surface area contributed by atoms with E-state index in [1.54, 1.807) is 17.5 Å². The first-order chi connectivity index (χ1) is 13.9. The van der Waals surface area contributed by atoms with Crippen molar-refractivity contribution in [3.8, 4) is 0 Å². The van der Waals surface area contributed by atoms with Gasteiger partial charge < -0.3 is 19.7 Å². The van der Waals surface area contributed by atoms with Gasteiger partial charge in [-0.05, 0) is 13.0 Å². The van der Waals surface area contributed by atoms with Gasteiger partial charge in [-0.2, -0.15) is 0 Å². The first kappa shape index (κ1) is 20.3. The molecule has 0 spiro atoms. The zero-order valence-corrected chi connectivity index (χ0v) is 16.4. The molecule has 1 aliphatic rings. The maximum absolute atomic E-state index is 12.8. The Labute approximate surface area is 170 Å². The fraction of sp³-hybridized carbons (Fsp3) is 0.200. The Hall–Kier alpha value is -3.46. The number of benzene rings is 1. The van der Waals surface area contributed by atoms with Crippen molar-refractivity contribution >= 4 is 39.3 Å². The molecule has 150 valence electrons. The van der Waals surface area contributed by atoms with E-state index in [-0.39, 0.29) is 5.91 Å². The fourth-order valence-electron chi connectivity index (χ4n) is 3.02. The second-order valence-corrected chi connectivity index (χ2v) is 7.45. The SMILES string of the molecule is Cc1nccn1CN1CCc2sc3ccccc3c2C1=O.O=C(O)/C=C\C(=O)O. The standard InChI is InChI=1S/C16H15N3OS.C4H4O4/c1-11-17-7-9-18(11)10-19-8-6-14-15(16(19)20)12-4-2-3-5-13(12)21-14;5-3(6)1-2-4(7)8/h2-5,7,9H,6,8,10H2,1H3;1-2H,(H,5,6)(H,7,8)/b;2-1-. The van der Waals surface area contributed by atoms with Crippen LogP contribution in [0.2, 0.25) is 0 Å². The van der Waals surface area contributed by atoms with E-state index in [2.05, 4.69) is 17.1 Å². The number of carboxylic acid groups (broad SMARTS) is 2. The second-order valence-electron chi connectivity index (χ2n) is 6.31. The molecule has 8 nitrogen and oxygen atoms in total. The van der Waals surface area contributed by atoms with Gasteiger partial charge in [-0.25, -0.2) is 14.6 Å². The van der Waals surface area contributed by atoms with Gasteiger partial charge in [0.1, 0.15) is 5.82 Å². The molecule has 9 heteroatoms. The molecular weight excluding hydrogens is 394 g/mol. The summed E-state index contributed by atoms with van der Waals surface area (Å²) in [4.78, 5) is 39.3. The second kappa shape index (κ2) is 8.70. The Morgan fingerprint density at radius 1 is 1.21 bits per heavy atom. The molecule has 0 saturated heterocycles. The molecule has 1 aromatic carbocycles. The summed E-state index contributed by atoms with van der Waals surface area (Å²) in [6.45, 7) is 3.31. The van der Waals surface area contributed by atoms with E-state index in [9.17, 15) is 14.4 Å². The predicted molar refractivity (Wildman–Crippen MR) is 108 cm³/mol. The summed E-state index contributed by atoms with van der Waals surface area (Å²) >= 11 is 1.75. The molecule has 0 aliphatic carbocycles. The van der Waals surface area contributed by atoms with Gasteiger partial charge in [0.2, 0.25) is 0 Å². The summed E-state index contributed by atoms with van der Waals surface area (Å²) in [6, 6.07) is 8.17. The monoisotopic (exact) mass is 413 g/mol. The van der Waals surface area contributed by atoms with Gasteiger partial charge in [0, 0.05) is 52.5 Å². The molecule has 0 atom stereocenters. The van der Waals surface area contributed by atoms with E-state index < -0.39 is 11.9 Å². The van der Waals surface area contributed by atoms with E-state index in [1.807, 2.05) is 34.7 Å². The van der Waals surface area contributed by atoms with Crippen LogP contribution in [0.4, 0.5) is 0 Å². The summed E-state index contributed by atoms with van der Waals surface area (Å²) in [5.74, 6) is -1.44. The lowest BCUT2D eigenvalue weighted by molar-refractivity contribution is -0.134. The summed E-state index contributed by atoms with van der Waals surface area (Å²) in [5, 5.41) is 16.7. The highest BCUT2D eigenvalue weighted by Gasteiger charge is 2.28. The minimum atomic E-state index is -1.26. The number of carboxylic acids is 2. The minimum Gasteiger partial charge on any atom is -0.478 e. The molecule has 0 fully saturated rings. The first-order valence-electron chi connectivity index (χ1n) is 8.78. The molecule has 1 aliphatic heterocycles. The molecule has 3 heterocycles. The van der Waals surface area contributed by atoms with Gasteiger partial charge in [-0.1, -0.05) is 18.2 Å². The van der Waals surface area contributed by atoms with E-state index in [0.29, 0.717) is 18.8 Å². The largest absolute Gasteiger partial charge is 0.478 e. The van der Waals surface area contributed by atoms with Gasteiger partial charge in [0.05, 0.1) is 12.2 Å². The van der Waals surface area contributed by atoms with Gasteiger partial charge in [-0.3, -0.25) is 4.79 Å². The Morgan fingerprint density at radius 2 is 1.90 bits per heavy atom. The number of thiophene rings is 1. The number of carbonyl (C=O) groups excluding carboxylic acids is 1. The van der Waals surface area contributed by atoms with E-state index >= 15 is 0 Å². The number of aryl methyl sites for hydroxylation is 1. The van der Waals surface area contributed by atoms with Crippen molar-refractivity contribution in [2.45, 2.75) is 20.0 Å². The van der Waals surface area contributed by atoms with E-state index in [1.165, 1.54) is 9.58 Å². The van der Waals surface area contributed by atoms with Gasteiger partial charge in [-0.15, -0.1) is 11.3 Å². The summed E-state index contributed by atoms with van der Waals surface area (Å²) in [7, 11) is 0. The molecule has 0 radical (unpaired) electrons. The van der Waals surface area contributed by atoms with Crippen LogP contribution in [-0.2, 0) is 22.7 Å². The molecule has 3 aromatic rings. The molecule has 0 unspecified atom stereocenters. The van der Waals surface area contributed by atoms with Crippen molar-refractivity contribution < 1.29 is 24.6 Å². The number of carbonyl (C=O) groups is 3. The van der Waals surface area contributed by atoms with Gasteiger partial charge in [0.25, 0.3) is 5.91 Å². The average molecular weight is 413 g/mol. The van der Waals surface area contributed by atoms with Gasteiger partial charge >= 0.3 is 11.9 Å². The number of imidazole rings is 1. The lowest BCUT2D eigenvalue weighted by Gasteiger charge is -2.27. The molecule has 0 bridgehead atoms. The number of aromatic nitrogens is 2. The zero-order valence-electron chi connectivity index (χ0n) is 15.6. The number of rotatable bonds is 4. The van der Waals surface area contributed by atoms with Crippen LogP contribution in [0.15, 0.2) is 48.8 Å². The first-order valence-corrected chi connectivity index (χ1v) is 9.60.